The Balaban J connectivity index is 1.95. The van der Waals surface area contributed by atoms with Crippen LogP contribution in [-0.2, 0) is 4.79 Å². The second-order valence-corrected chi connectivity index (χ2v) is 6.02. The van der Waals surface area contributed by atoms with Crippen molar-refractivity contribution in [2.45, 2.75) is 17.2 Å². The van der Waals surface area contributed by atoms with Crippen LogP contribution in [0.25, 0.3) is 0 Å². The lowest BCUT2D eigenvalue weighted by atomic mass is 9.94. The van der Waals surface area contributed by atoms with Crippen LogP contribution < -0.4 is 0 Å². The Kier molecular flexibility index (Phi) is 6.15. The maximum absolute atomic E-state index is 12.1. The fourth-order valence-electron chi connectivity index (χ4n) is 2.21. The number of ketones is 1. The van der Waals surface area contributed by atoms with Crippen LogP contribution in [0.5, 0.6) is 0 Å². The van der Waals surface area contributed by atoms with E-state index in [2.05, 4.69) is 0 Å². The van der Waals surface area contributed by atoms with Crippen LogP contribution in [0.2, 0.25) is 0 Å². The third-order valence-corrected chi connectivity index (χ3v) is 4.33. The molecule has 0 spiro atoms. The molecule has 2 aromatic carbocycles. The Labute approximate surface area is 133 Å². The third-order valence-electron chi connectivity index (χ3n) is 3.26. The highest BCUT2D eigenvalue weighted by Gasteiger charge is 2.21. The lowest BCUT2D eigenvalue weighted by molar-refractivity contribution is -0.483. The van der Waals surface area contributed by atoms with Gasteiger partial charge >= 0.3 is 0 Å². The quantitative estimate of drug-likeness (QED) is 0.422. The van der Waals surface area contributed by atoms with Crippen molar-refractivity contribution < 1.29 is 9.72 Å². The smallest absolute Gasteiger partial charge is 0.211 e. The van der Waals surface area contributed by atoms with E-state index in [0.29, 0.717) is 5.75 Å². The molecule has 0 fully saturated rings. The Bertz CT molecular complexity index is 616. The predicted octanol–water partition coefficient (Wildman–Crippen LogP) is 3.80. The number of nitrogens with zero attached hydrogens (tertiary/aromatic N) is 1. The van der Waals surface area contributed by atoms with Gasteiger partial charge in [-0.1, -0.05) is 48.5 Å². The van der Waals surface area contributed by atoms with E-state index in [1.807, 2.05) is 60.7 Å². The number of nitro groups is 1. The minimum Gasteiger partial charge on any atom is -0.299 e. The number of Topliss-reactive ketones (excluding diaryl/α,β-unsaturated/α-hetero) is 1. The van der Waals surface area contributed by atoms with Gasteiger partial charge in [0, 0.05) is 16.2 Å². The SMILES string of the molecule is O=C(CSc1ccccc1)C[C@@H](C[N+](=O)[O-])c1ccccc1. The molecule has 0 amide bonds. The number of carbonyl (C=O) groups excluding carboxylic acids is 1. The zero-order valence-corrected chi connectivity index (χ0v) is 12.9. The van der Waals surface area contributed by atoms with Gasteiger partial charge in [-0.25, -0.2) is 0 Å². The fourth-order valence-corrected chi connectivity index (χ4v) is 3.00. The van der Waals surface area contributed by atoms with E-state index in [-0.39, 0.29) is 29.6 Å². The topological polar surface area (TPSA) is 60.2 Å². The Hall–Kier alpha value is -2.14. The second kappa shape index (κ2) is 8.34. The van der Waals surface area contributed by atoms with E-state index in [9.17, 15) is 14.9 Å². The molecule has 0 heterocycles. The first-order chi connectivity index (χ1) is 10.6. The molecule has 0 saturated carbocycles. The summed E-state index contributed by atoms with van der Waals surface area (Å²) in [4.78, 5) is 23.6. The number of rotatable bonds is 8. The van der Waals surface area contributed by atoms with Crippen molar-refractivity contribution in [1.82, 2.24) is 0 Å². The number of benzene rings is 2. The van der Waals surface area contributed by atoms with E-state index in [1.54, 1.807) is 0 Å². The van der Waals surface area contributed by atoms with Gasteiger partial charge in [0.05, 0.1) is 11.7 Å². The van der Waals surface area contributed by atoms with Crippen LogP contribution in [0, 0.1) is 10.1 Å². The lowest BCUT2D eigenvalue weighted by Gasteiger charge is -2.12. The molecule has 2 aromatic rings. The maximum Gasteiger partial charge on any atom is 0.211 e. The summed E-state index contributed by atoms with van der Waals surface area (Å²) in [6.07, 6.45) is 0.199. The molecule has 0 saturated heterocycles. The molecule has 22 heavy (non-hydrogen) atoms. The number of hydrogen-bond acceptors (Lipinski definition) is 4. The molecule has 114 valence electrons. The summed E-state index contributed by atoms with van der Waals surface area (Å²) < 4.78 is 0. The summed E-state index contributed by atoms with van der Waals surface area (Å²) in [5.74, 6) is 0.00931. The Morgan fingerprint density at radius 3 is 2.23 bits per heavy atom. The first kappa shape index (κ1) is 16.2. The molecular formula is C17H17NO3S. The summed E-state index contributed by atoms with van der Waals surface area (Å²) in [7, 11) is 0. The number of thioether (sulfide) groups is 1. The molecule has 0 unspecified atom stereocenters. The third kappa shape index (κ3) is 5.33. The molecule has 5 heteroatoms. The first-order valence-electron chi connectivity index (χ1n) is 7.01. The molecule has 0 aliphatic heterocycles. The molecule has 1 atom stereocenters. The molecule has 0 bridgehead atoms. The van der Waals surface area contributed by atoms with Gasteiger partial charge in [-0.15, -0.1) is 11.8 Å². The van der Waals surface area contributed by atoms with E-state index in [0.717, 1.165) is 10.5 Å². The van der Waals surface area contributed by atoms with E-state index < -0.39 is 0 Å². The van der Waals surface area contributed by atoms with Crippen molar-refractivity contribution in [3.05, 3.63) is 76.3 Å². The maximum atomic E-state index is 12.1. The average molecular weight is 315 g/mol. The number of hydrogen-bond donors (Lipinski definition) is 0. The van der Waals surface area contributed by atoms with Crippen LogP contribution in [-0.4, -0.2) is 23.0 Å². The van der Waals surface area contributed by atoms with Crippen LogP contribution in [0.3, 0.4) is 0 Å². The van der Waals surface area contributed by atoms with Crippen LogP contribution in [0.4, 0.5) is 0 Å². The van der Waals surface area contributed by atoms with Crippen LogP contribution >= 0.6 is 11.8 Å². The van der Waals surface area contributed by atoms with Crippen LogP contribution in [0.15, 0.2) is 65.6 Å². The molecular weight excluding hydrogens is 298 g/mol. The Morgan fingerprint density at radius 1 is 1.05 bits per heavy atom. The van der Waals surface area contributed by atoms with Crippen molar-refractivity contribution in [3.63, 3.8) is 0 Å². The minimum atomic E-state index is -0.361. The van der Waals surface area contributed by atoms with Crippen molar-refractivity contribution in [1.29, 1.82) is 0 Å². The zero-order valence-electron chi connectivity index (χ0n) is 12.1. The summed E-state index contributed by atoms with van der Waals surface area (Å²) in [5.41, 5.74) is 0.845. The van der Waals surface area contributed by atoms with Gasteiger partial charge in [0.25, 0.3) is 0 Å². The van der Waals surface area contributed by atoms with Crippen LogP contribution in [0.1, 0.15) is 17.9 Å². The molecule has 4 nitrogen and oxygen atoms in total. The minimum absolute atomic E-state index is 0.0320. The molecule has 0 aliphatic carbocycles. The van der Waals surface area contributed by atoms with Crippen molar-refractivity contribution >= 4 is 17.5 Å². The van der Waals surface area contributed by atoms with Crippen molar-refractivity contribution in [2.75, 3.05) is 12.3 Å². The van der Waals surface area contributed by atoms with Gasteiger partial charge < -0.3 is 0 Å². The van der Waals surface area contributed by atoms with Gasteiger partial charge in [-0.2, -0.15) is 0 Å². The average Bonchev–Trinajstić information content (AvgIpc) is 2.54. The molecule has 0 radical (unpaired) electrons. The molecule has 0 aliphatic rings. The normalized spacial score (nSPS) is 11.8. The highest BCUT2D eigenvalue weighted by molar-refractivity contribution is 8.00. The lowest BCUT2D eigenvalue weighted by Crippen LogP contribution is -2.17. The summed E-state index contributed by atoms with van der Waals surface area (Å²) in [6.45, 7) is -0.217. The summed E-state index contributed by atoms with van der Waals surface area (Å²) in [5, 5.41) is 10.8. The first-order valence-corrected chi connectivity index (χ1v) is 8.00. The summed E-state index contributed by atoms with van der Waals surface area (Å²) >= 11 is 1.47. The monoisotopic (exact) mass is 315 g/mol. The van der Waals surface area contributed by atoms with Gasteiger partial charge in [0.2, 0.25) is 6.54 Å². The number of carbonyl (C=O) groups is 1. The predicted molar refractivity (Wildman–Crippen MR) is 87.8 cm³/mol. The van der Waals surface area contributed by atoms with Gasteiger partial charge in [-0.05, 0) is 17.7 Å². The molecule has 2 rings (SSSR count). The fraction of sp³-hybridized carbons (Fsp3) is 0.235. The summed E-state index contributed by atoms with van der Waals surface area (Å²) in [6, 6.07) is 18.9. The van der Waals surface area contributed by atoms with Gasteiger partial charge in [0.15, 0.2) is 0 Å². The highest BCUT2D eigenvalue weighted by Crippen LogP contribution is 2.23. The van der Waals surface area contributed by atoms with Gasteiger partial charge in [-0.3, -0.25) is 14.9 Å². The van der Waals surface area contributed by atoms with E-state index in [4.69, 9.17) is 0 Å². The van der Waals surface area contributed by atoms with Gasteiger partial charge in [0.1, 0.15) is 5.78 Å². The standard InChI is InChI=1S/C17H17NO3S/c19-16(13-22-17-9-5-2-6-10-17)11-15(12-18(20)21)14-7-3-1-4-8-14/h1-10,15H,11-13H2/t15-/m0/s1. The van der Waals surface area contributed by atoms with Crippen molar-refractivity contribution in [2.24, 2.45) is 0 Å². The largest absolute Gasteiger partial charge is 0.299 e. The van der Waals surface area contributed by atoms with E-state index >= 15 is 0 Å². The Morgan fingerprint density at radius 2 is 1.64 bits per heavy atom. The molecule has 0 N–H and O–H groups in total. The highest BCUT2D eigenvalue weighted by atomic mass is 32.2. The zero-order chi connectivity index (χ0) is 15.8. The second-order valence-electron chi connectivity index (χ2n) is 4.97. The van der Waals surface area contributed by atoms with E-state index in [1.165, 1.54) is 11.8 Å². The molecule has 0 aromatic heterocycles. The van der Waals surface area contributed by atoms with Crippen molar-refractivity contribution in [3.8, 4) is 0 Å².